The van der Waals surface area contributed by atoms with Crippen molar-refractivity contribution in [1.82, 2.24) is 0 Å². The van der Waals surface area contributed by atoms with Gasteiger partial charge in [0.2, 0.25) is 8.32 Å². The van der Waals surface area contributed by atoms with Crippen LogP contribution >= 0.6 is 0 Å². The summed E-state index contributed by atoms with van der Waals surface area (Å²) < 4.78 is 5.95. The molecule has 17 heavy (non-hydrogen) atoms. The molecule has 0 spiro atoms. The van der Waals surface area contributed by atoms with E-state index in [-0.39, 0.29) is 5.78 Å². The second kappa shape index (κ2) is 6.01. The van der Waals surface area contributed by atoms with E-state index in [0.717, 1.165) is 24.2 Å². The van der Waals surface area contributed by atoms with E-state index in [1.165, 1.54) is 0 Å². The number of ketones is 1. The Hall–Kier alpha value is -1.09. The summed E-state index contributed by atoms with van der Waals surface area (Å²) in [5.41, 5.74) is 0.739. The van der Waals surface area contributed by atoms with Crippen LogP contribution in [-0.2, 0) is 0 Å². The zero-order chi connectivity index (χ0) is 12.9. The van der Waals surface area contributed by atoms with E-state index >= 15 is 0 Å². The summed E-state index contributed by atoms with van der Waals surface area (Å²) in [6.45, 7) is 8.47. The second-order valence-electron chi connectivity index (χ2n) is 5.24. The Kier molecular flexibility index (Phi) is 4.94. The van der Waals surface area contributed by atoms with Gasteiger partial charge in [-0.1, -0.05) is 25.5 Å². The molecular formula is C14H22O2Si. The van der Waals surface area contributed by atoms with Crippen LogP contribution in [0.1, 0.15) is 36.5 Å². The van der Waals surface area contributed by atoms with E-state index in [1.54, 1.807) is 0 Å². The van der Waals surface area contributed by atoms with Crippen molar-refractivity contribution < 1.29 is 9.22 Å². The topological polar surface area (TPSA) is 26.3 Å². The molecule has 0 aliphatic heterocycles. The lowest BCUT2D eigenvalue weighted by Gasteiger charge is -2.21. The van der Waals surface area contributed by atoms with Crippen LogP contribution in [-0.4, -0.2) is 14.1 Å². The van der Waals surface area contributed by atoms with E-state index in [2.05, 4.69) is 26.6 Å². The Morgan fingerprint density at radius 2 is 1.88 bits per heavy atom. The monoisotopic (exact) mass is 250 g/mol. The predicted octanol–water partition coefficient (Wildman–Crippen LogP) is 4.27. The fraction of sp³-hybridized carbons (Fsp3) is 0.500. The first-order valence-corrected chi connectivity index (χ1v) is 9.66. The second-order valence-corrected chi connectivity index (χ2v) is 9.67. The maximum Gasteiger partial charge on any atom is 0.242 e. The molecule has 0 N–H and O–H groups in total. The molecule has 1 rings (SSSR count). The number of hydrogen-bond acceptors (Lipinski definition) is 2. The fourth-order valence-corrected chi connectivity index (χ4v) is 2.43. The lowest BCUT2D eigenvalue weighted by molar-refractivity contribution is 0.0978. The van der Waals surface area contributed by atoms with Crippen molar-refractivity contribution in [2.45, 2.75) is 45.8 Å². The lowest BCUT2D eigenvalue weighted by atomic mass is 10.1. The highest BCUT2D eigenvalue weighted by Crippen LogP contribution is 2.23. The van der Waals surface area contributed by atoms with Gasteiger partial charge in [-0.2, -0.15) is 0 Å². The molecule has 0 aromatic heterocycles. The van der Waals surface area contributed by atoms with Gasteiger partial charge >= 0.3 is 0 Å². The highest BCUT2D eigenvalue weighted by molar-refractivity contribution is 6.70. The largest absolute Gasteiger partial charge is 0.544 e. The number of rotatable bonds is 6. The smallest absolute Gasteiger partial charge is 0.242 e. The van der Waals surface area contributed by atoms with Gasteiger partial charge in [-0.15, -0.1) is 0 Å². The highest BCUT2D eigenvalue weighted by Gasteiger charge is 2.20. The van der Waals surface area contributed by atoms with Crippen molar-refractivity contribution in [2.75, 3.05) is 0 Å². The molecule has 0 saturated carbocycles. The zero-order valence-corrected chi connectivity index (χ0v) is 12.2. The summed E-state index contributed by atoms with van der Waals surface area (Å²) in [6.07, 6.45) is 2.60. The minimum Gasteiger partial charge on any atom is -0.544 e. The molecular weight excluding hydrogens is 228 g/mol. The molecule has 0 heterocycles. The molecule has 3 heteroatoms. The van der Waals surface area contributed by atoms with Crippen LogP contribution in [0.25, 0.3) is 0 Å². The van der Waals surface area contributed by atoms with Gasteiger partial charge in [-0.25, -0.2) is 0 Å². The molecule has 0 radical (unpaired) electrons. The van der Waals surface area contributed by atoms with Crippen molar-refractivity contribution in [2.24, 2.45) is 0 Å². The Balaban J connectivity index is 2.88. The average molecular weight is 250 g/mol. The standard InChI is InChI=1S/C14H22O2Si/c1-5-6-10-13(15)12-9-7-8-11-14(12)16-17(2,3)4/h7-9,11H,5-6,10H2,1-4H3. The van der Waals surface area contributed by atoms with Gasteiger partial charge in [0.05, 0.1) is 5.56 Å². The van der Waals surface area contributed by atoms with Crippen LogP contribution in [0.3, 0.4) is 0 Å². The summed E-state index contributed by atoms with van der Waals surface area (Å²) in [5.74, 6) is 0.952. The number of carbonyl (C=O) groups excluding carboxylic acids is 1. The van der Waals surface area contributed by atoms with Gasteiger partial charge in [0.25, 0.3) is 0 Å². The summed E-state index contributed by atoms with van der Waals surface area (Å²) in [5, 5.41) is 0. The number of hydrogen-bond donors (Lipinski definition) is 0. The van der Waals surface area contributed by atoms with Gasteiger partial charge in [0, 0.05) is 6.42 Å². The molecule has 0 aliphatic rings. The van der Waals surface area contributed by atoms with Crippen LogP contribution in [0.4, 0.5) is 0 Å². The molecule has 0 saturated heterocycles. The van der Waals surface area contributed by atoms with Crippen molar-refractivity contribution in [1.29, 1.82) is 0 Å². The maximum atomic E-state index is 12.0. The molecule has 0 aliphatic carbocycles. The van der Waals surface area contributed by atoms with Gasteiger partial charge in [0.15, 0.2) is 5.78 Å². The summed E-state index contributed by atoms with van der Waals surface area (Å²) in [6, 6.07) is 7.59. The first kappa shape index (κ1) is 14.0. The van der Waals surface area contributed by atoms with Gasteiger partial charge in [-0.05, 0) is 38.2 Å². The van der Waals surface area contributed by atoms with Crippen LogP contribution in [0.5, 0.6) is 5.75 Å². The quantitative estimate of drug-likeness (QED) is 0.556. The van der Waals surface area contributed by atoms with Gasteiger partial charge < -0.3 is 4.43 Å². The van der Waals surface area contributed by atoms with E-state index in [0.29, 0.717) is 6.42 Å². The minimum atomic E-state index is -1.66. The van der Waals surface area contributed by atoms with E-state index < -0.39 is 8.32 Å². The summed E-state index contributed by atoms with van der Waals surface area (Å²) in [7, 11) is -1.66. The molecule has 0 unspecified atom stereocenters. The Bertz CT molecular complexity index is 380. The van der Waals surface area contributed by atoms with Gasteiger partial charge in [0.1, 0.15) is 5.75 Å². The van der Waals surface area contributed by atoms with Crippen LogP contribution in [0.15, 0.2) is 24.3 Å². The third-order valence-corrected chi connectivity index (χ3v) is 3.19. The molecule has 94 valence electrons. The number of para-hydroxylation sites is 1. The predicted molar refractivity (Wildman–Crippen MR) is 74.3 cm³/mol. The van der Waals surface area contributed by atoms with E-state index in [9.17, 15) is 4.79 Å². The number of carbonyl (C=O) groups is 1. The normalized spacial score (nSPS) is 11.3. The molecule has 0 atom stereocenters. The molecule has 1 aromatic carbocycles. The average Bonchev–Trinajstić information content (AvgIpc) is 2.24. The Labute approximate surface area is 105 Å². The van der Waals surface area contributed by atoms with Crippen LogP contribution in [0.2, 0.25) is 19.6 Å². The Morgan fingerprint density at radius 1 is 1.24 bits per heavy atom. The minimum absolute atomic E-state index is 0.195. The third-order valence-electron chi connectivity index (χ3n) is 2.36. The van der Waals surface area contributed by atoms with Crippen molar-refractivity contribution in [3.63, 3.8) is 0 Å². The Morgan fingerprint density at radius 3 is 2.47 bits per heavy atom. The molecule has 2 nitrogen and oxygen atoms in total. The summed E-state index contributed by atoms with van der Waals surface area (Å²) in [4.78, 5) is 12.0. The zero-order valence-electron chi connectivity index (χ0n) is 11.2. The van der Waals surface area contributed by atoms with Crippen molar-refractivity contribution in [3.8, 4) is 5.75 Å². The summed E-state index contributed by atoms with van der Waals surface area (Å²) >= 11 is 0. The molecule has 0 fully saturated rings. The third kappa shape index (κ3) is 4.73. The fourth-order valence-electron chi connectivity index (χ4n) is 1.59. The SMILES string of the molecule is CCCCC(=O)c1ccccc1O[Si](C)(C)C. The van der Waals surface area contributed by atoms with Crippen molar-refractivity contribution in [3.05, 3.63) is 29.8 Å². The number of unbranched alkanes of at least 4 members (excludes halogenated alkanes) is 1. The molecule has 0 amide bonds. The maximum absolute atomic E-state index is 12.0. The first-order valence-electron chi connectivity index (χ1n) is 6.25. The molecule has 1 aromatic rings. The lowest BCUT2D eigenvalue weighted by Crippen LogP contribution is -2.30. The number of benzene rings is 1. The molecule has 0 bridgehead atoms. The number of Topliss-reactive ketones (excluding diaryl/α,β-unsaturated/α-hetero) is 1. The van der Waals surface area contributed by atoms with E-state index in [4.69, 9.17) is 4.43 Å². The highest BCUT2D eigenvalue weighted by atomic mass is 28.4. The first-order chi connectivity index (χ1) is 7.94. The van der Waals surface area contributed by atoms with E-state index in [1.807, 2.05) is 24.3 Å². The van der Waals surface area contributed by atoms with Gasteiger partial charge in [-0.3, -0.25) is 4.79 Å². The van der Waals surface area contributed by atoms with Crippen LogP contribution in [0, 0.1) is 0 Å². The van der Waals surface area contributed by atoms with Crippen molar-refractivity contribution >= 4 is 14.1 Å². The van der Waals surface area contributed by atoms with Crippen LogP contribution < -0.4 is 4.43 Å².